The van der Waals surface area contributed by atoms with Crippen molar-refractivity contribution in [3.63, 3.8) is 0 Å². The summed E-state index contributed by atoms with van der Waals surface area (Å²) in [4.78, 5) is 4.64. The first-order chi connectivity index (χ1) is 16.6. The molecule has 2 aromatic heterocycles. The molecule has 0 aliphatic rings. The third kappa shape index (κ3) is 4.65. The molecular weight excluding hydrogens is 497 g/mol. The third-order valence-electron chi connectivity index (χ3n) is 5.43. The summed E-state index contributed by atoms with van der Waals surface area (Å²) in [6.45, 7) is 0.713. The monoisotopic (exact) mass is 517 g/mol. The minimum absolute atomic E-state index is 0.327. The van der Waals surface area contributed by atoms with Gasteiger partial charge in [-0.25, -0.2) is 4.39 Å². The zero-order valence-corrected chi connectivity index (χ0v) is 20.0. The van der Waals surface area contributed by atoms with Crippen molar-refractivity contribution in [2.24, 2.45) is 7.05 Å². The summed E-state index contributed by atoms with van der Waals surface area (Å²) in [7, 11) is 1.82. The van der Waals surface area contributed by atoms with E-state index < -0.39 is 0 Å². The van der Waals surface area contributed by atoms with Gasteiger partial charge in [0.05, 0.1) is 15.6 Å². The summed E-state index contributed by atoms with van der Waals surface area (Å²) in [6.07, 6.45) is 0. The van der Waals surface area contributed by atoms with Crippen LogP contribution in [-0.4, -0.2) is 14.8 Å². The normalized spacial score (nSPS) is 11.0. The highest BCUT2D eigenvalue weighted by Crippen LogP contribution is 2.36. The maximum Gasteiger partial charge on any atom is 0.226 e. The predicted octanol–water partition coefficient (Wildman–Crippen LogP) is 6.69. The lowest BCUT2D eigenvalue weighted by molar-refractivity contribution is 0.268. The summed E-state index contributed by atoms with van der Waals surface area (Å²) >= 11 is 3.26. The van der Waals surface area contributed by atoms with Gasteiger partial charge in [-0.1, -0.05) is 60.7 Å². The van der Waals surface area contributed by atoms with Crippen molar-refractivity contribution in [1.29, 1.82) is 0 Å². The van der Waals surface area contributed by atoms with Gasteiger partial charge in [-0.15, -0.1) is 0 Å². The quantitative estimate of drug-likeness (QED) is 0.241. The highest BCUT2D eigenvalue weighted by Gasteiger charge is 2.19. The molecule has 2 heterocycles. The number of pyridine rings is 1. The Balaban J connectivity index is 1.53. The van der Waals surface area contributed by atoms with E-state index >= 15 is 0 Å². The highest BCUT2D eigenvalue weighted by molar-refractivity contribution is 9.10. The largest absolute Gasteiger partial charge is 0.473 e. The van der Waals surface area contributed by atoms with E-state index in [1.807, 2.05) is 73.8 Å². The van der Waals surface area contributed by atoms with Crippen LogP contribution < -0.4 is 9.47 Å². The smallest absolute Gasteiger partial charge is 0.226 e. The van der Waals surface area contributed by atoms with Crippen LogP contribution in [0.1, 0.15) is 11.1 Å². The van der Waals surface area contributed by atoms with Crippen LogP contribution in [0.25, 0.3) is 22.2 Å². The number of hydrogen-bond donors (Lipinski definition) is 0. The molecule has 0 fully saturated rings. The first-order valence-electron chi connectivity index (χ1n) is 10.7. The van der Waals surface area contributed by atoms with E-state index in [1.54, 1.807) is 16.8 Å². The number of benzene rings is 3. The summed E-state index contributed by atoms with van der Waals surface area (Å²) in [6, 6.07) is 26.6. The van der Waals surface area contributed by atoms with Crippen LogP contribution in [0.3, 0.4) is 0 Å². The number of ether oxygens (including phenoxy) is 2. The number of fused-ring (bicyclic) bond motifs is 1. The predicted molar refractivity (Wildman–Crippen MR) is 133 cm³/mol. The van der Waals surface area contributed by atoms with Crippen LogP contribution in [-0.2, 0) is 20.3 Å². The minimum atomic E-state index is -0.357. The molecule has 0 unspecified atom stereocenters. The molecule has 0 atom stereocenters. The second-order valence-electron chi connectivity index (χ2n) is 7.81. The van der Waals surface area contributed by atoms with E-state index in [0.29, 0.717) is 46.1 Å². The number of aromatic nitrogens is 3. The van der Waals surface area contributed by atoms with Crippen molar-refractivity contribution in [2.45, 2.75) is 13.2 Å². The number of hydrogen-bond acceptors (Lipinski definition) is 4. The molecule has 0 saturated heterocycles. The van der Waals surface area contributed by atoms with Gasteiger partial charge in [-0.3, -0.25) is 4.68 Å². The molecule has 3 aromatic carbocycles. The Morgan fingerprint density at radius 1 is 0.853 bits per heavy atom. The lowest BCUT2D eigenvalue weighted by atomic mass is 10.1. The Labute approximate surface area is 204 Å². The van der Waals surface area contributed by atoms with Crippen molar-refractivity contribution in [3.05, 3.63) is 106 Å². The van der Waals surface area contributed by atoms with Gasteiger partial charge in [-0.2, -0.15) is 10.1 Å². The lowest BCUT2D eigenvalue weighted by Gasteiger charge is -2.12. The molecule has 7 heteroatoms. The van der Waals surface area contributed by atoms with Crippen LogP contribution in [0.5, 0.6) is 11.8 Å². The van der Waals surface area contributed by atoms with Crippen LogP contribution in [0.4, 0.5) is 4.39 Å². The van der Waals surface area contributed by atoms with Crippen molar-refractivity contribution in [2.75, 3.05) is 0 Å². The number of nitrogens with zero attached hydrogens (tertiary/aromatic N) is 3. The molecule has 0 saturated carbocycles. The van der Waals surface area contributed by atoms with Gasteiger partial charge in [-0.05, 0) is 45.3 Å². The SMILES string of the molecule is Cn1nc(-c2ccc(OCc3ccccc3)nc2OCc2ccccc2)c2cc(F)c(Br)cc21. The second kappa shape index (κ2) is 9.65. The first-order valence-corrected chi connectivity index (χ1v) is 11.5. The maximum atomic E-state index is 14.4. The Hall–Kier alpha value is -3.71. The molecule has 5 rings (SSSR count). The maximum absolute atomic E-state index is 14.4. The molecule has 0 aliphatic heterocycles. The Morgan fingerprint density at radius 3 is 2.18 bits per heavy atom. The van der Waals surface area contributed by atoms with Crippen LogP contribution in [0, 0.1) is 5.82 Å². The van der Waals surface area contributed by atoms with Crippen molar-refractivity contribution < 1.29 is 13.9 Å². The Morgan fingerprint density at radius 2 is 1.50 bits per heavy atom. The van der Waals surface area contributed by atoms with E-state index in [4.69, 9.17) is 9.47 Å². The number of aryl methyl sites for hydroxylation is 1. The fourth-order valence-corrected chi connectivity index (χ4v) is 4.03. The van der Waals surface area contributed by atoms with E-state index in [1.165, 1.54) is 6.07 Å². The average Bonchev–Trinajstić information content (AvgIpc) is 3.18. The fourth-order valence-electron chi connectivity index (χ4n) is 3.70. The standard InChI is InChI=1S/C27H21BrFN3O2/c1-32-24-15-22(28)23(29)14-21(24)26(31-32)20-12-13-25(33-16-18-8-4-2-5-9-18)30-27(20)34-17-19-10-6-3-7-11-19/h2-15H,16-17H2,1H3. The Bertz CT molecular complexity index is 1440. The molecule has 0 radical (unpaired) electrons. The van der Waals surface area contributed by atoms with Crippen molar-refractivity contribution in [3.8, 4) is 23.0 Å². The highest BCUT2D eigenvalue weighted by atomic mass is 79.9. The molecule has 5 aromatic rings. The number of rotatable bonds is 7. The number of halogens is 2. The molecule has 170 valence electrons. The summed E-state index contributed by atoms with van der Waals surface area (Å²) in [5, 5.41) is 5.32. The van der Waals surface area contributed by atoms with E-state index in [-0.39, 0.29) is 5.82 Å². The van der Waals surface area contributed by atoms with Crippen LogP contribution in [0.2, 0.25) is 0 Å². The molecular formula is C27H21BrFN3O2. The van der Waals surface area contributed by atoms with Crippen molar-refractivity contribution in [1.82, 2.24) is 14.8 Å². The summed E-state index contributed by atoms with van der Waals surface area (Å²) < 4.78 is 28.6. The Kier molecular flexibility index (Phi) is 6.27. The van der Waals surface area contributed by atoms with Gasteiger partial charge in [0, 0.05) is 18.5 Å². The molecule has 0 N–H and O–H groups in total. The fraction of sp³-hybridized carbons (Fsp3) is 0.111. The molecule has 0 bridgehead atoms. The molecule has 0 aliphatic carbocycles. The molecule has 0 spiro atoms. The topological polar surface area (TPSA) is 49.2 Å². The van der Waals surface area contributed by atoms with E-state index in [9.17, 15) is 4.39 Å². The van der Waals surface area contributed by atoms with Gasteiger partial charge in [0.15, 0.2) is 0 Å². The summed E-state index contributed by atoms with van der Waals surface area (Å²) in [5.41, 5.74) is 4.09. The van der Waals surface area contributed by atoms with Gasteiger partial charge in [0.25, 0.3) is 0 Å². The average molecular weight is 518 g/mol. The minimum Gasteiger partial charge on any atom is -0.473 e. The molecule has 5 nitrogen and oxygen atoms in total. The van der Waals surface area contributed by atoms with Gasteiger partial charge in [0.2, 0.25) is 11.8 Å². The van der Waals surface area contributed by atoms with E-state index in [0.717, 1.165) is 16.6 Å². The third-order valence-corrected chi connectivity index (χ3v) is 6.04. The zero-order valence-electron chi connectivity index (χ0n) is 18.4. The first kappa shape index (κ1) is 22.1. The van der Waals surface area contributed by atoms with Gasteiger partial charge < -0.3 is 9.47 Å². The summed E-state index contributed by atoms with van der Waals surface area (Å²) in [5.74, 6) is 0.451. The van der Waals surface area contributed by atoms with Crippen LogP contribution >= 0.6 is 15.9 Å². The molecule has 0 amide bonds. The van der Waals surface area contributed by atoms with Gasteiger partial charge >= 0.3 is 0 Å². The van der Waals surface area contributed by atoms with Gasteiger partial charge in [0.1, 0.15) is 24.7 Å². The zero-order chi connectivity index (χ0) is 23.5. The van der Waals surface area contributed by atoms with Crippen LogP contribution in [0.15, 0.2) is 89.4 Å². The molecule has 34 heavy (non-hydrogen) atoms. The lowest BCUT2D eigenvalue weighted by Crippen LogP contribution is -2.02. The van der Waals surface area contributed by atoms with E-state index in [2.05, 4.69) is 26.0 Å². The second-order valence-corrected chi connectivity index (χ2v) is 8.66. The van der Waals surface area contributed by atoms with Crippen molar-refractivity contribution >= 4 is 26.8 Å².